The molecule has 0 aliphatic carbocycles. The maximum atomic E-state index is 12.6. The molecule has 1 amide bonds. The standard InChI is InChI=1S/C21H32ClN5O/c1-17(20(28)26-10-3-4-11-26)25-12-14-27(15-13-25)21(23-2)24-9-8-18-6-5-7-19(22)16-18/h5-7,16-17H,3-4,8-15H2,1-2H3,(H,23,24). The summed E-state index contributed by atoms with van der Waals surface area (Å²) >= 11 is 6.05. The zero-order valence-corrected chi connectivity index (χ0v) is 17.8. The molecule has 1 N–H and O–H groups in total. The highest BCUT2D eigenvalue weighted by Gasteiger charge is 2.30. The average molecular weight is 406 g/mol. The topological polar surface area (TPSA) is 51.2 Å². The molecule has 0 bridgehead atoms. The fraction of sp³-hybridized carbons (Fsp3) is 0.619. The normalized spacial score (nSPS) is 19.8. The van der Waals surface area contributed by atoms with Gasteiger partial charge in [0.1, 0.15) is 0 Å². The highest BCUT2D eigenvalue weighted by atomic mass is 35.5. The van der Waals surface area contributed by atoms with Crippen LogP contribution >= 0.6 is 11.6 Å². The van der Waals surface area contributed by atoms with E-state index in [0.717, 1.165) is 76.1 Å². The lowest BCUT2D eigenvalue weighted by Gasteiger charge is -2.39. The van der Waals surface area contributed by atoms with E-state index >= 15 is 0 Å². The number of hydrogen-bond donors (Lipinski definition) is 1. The number of amides is 1. The second-order valence-electron chi connectivity index (χ2n) is 7.59. The van der Waals surface area contributed by atoms with E-state index in [2.05, 4.69) is 26.2 Å². The Labute approximate surface area is 173 Å². The largest absolute Gasteiger partial charge is 0.356 e. The van der Waals surface area contributed by atoms with Gasteiger partial charge in [-0.05, 0) is 43.9 Å². The van der Waals surface area contributed by atoms with Crippen molar-refractivity contribution >= 4 is 23.5 Å². The summed E-state index contributed by atoms with van der Waals surface area (Å²) in [6, 6.07) is 7.94. The molecule has 154 valence electrons. The smallest absolute Gasteiger partial charge is 0.239 e. The third-order valence-corrected chi connectivity index (χ3v) is 5.97. The molecule has 0 saturated carbocycles. The minimum absolute atomic E-state index is 0.0296. The summed E-state index contributed by atoms with van der Waals surface area (Å²) in [5.41, 5.74) is 1.22. The Morgan fingerprint density at radius 2 is 1.86 bits per heavy atom. The van der Waals surface area contributed by atoms with Crippen molar-refractivity contribution < 1.29 is 4.79 Å². The van der Waals surface area contributed by atoms with E-state index < -0.39 is 0 Å². The second kappa shape index (κ2) is 10.1. The first-order valence-corrected chi connectivity index (χ1v) is 10.7. The van der Waals surface area contributed by atoms with Crippen molar-refractivity contribution in [3.05, 3.63) is 34.9 Å². The van der Waals surface area contributed by atoms with Crippen molar-refractivity contribution in [2.45, 2.75) is 32.2 Å². The van der Waals surface area contributed by atoms with Crippen LogP contribution in [0.3, 0.4) is 0 Å². The fourth-order valence-corrected chi connectivity index (χ4v) is 4.24. The molecule has 0 radical (unpaired) electrons. The van der Waals surface area contributed by atoms with Crippen molar-refractivity contribution in [3.63, 3.8) is 0 Å². The molecule has 2 saturated heterocycles. The number of aliphatic imine (C=N–C) groups is 1. The van der Waals surface area contributed by atoms with Crippen LogP contribution in [-0.4, -0.2) is 85.5 Å². The van der Waals surface area contributed by atoms with Gasteiger partial charge in [-0.2, -0.15) is 0 Å². The molecular formula is C21H32ClN5O. The van der Waals surface area contributed by atoms with E-state index in [-0.39, 0.29) is 11.9 Å². The van der Waals surface area contributed by atoms with Gasteiger partial charge in [-0.25, -0.2) is 0 Å². The van der Waals surface area contributed by atoms with Crippen LogP contribution in [0.4, 0.5) is 0 Å². The Morgan fingerprint density at radius 1 is 1.14 bits per heavy atom. The maximum absolute atomic E-state index is 12.6. The van der Waals surface area contributed by atoms with E-state index in [1.807, 2.05) is 37.1 Å². The number of likely N-dealkylation sites (tertiary alicyclic amines) is 1. The van der Waals surface area contributed by atoms with E-state index in [0.29, 0.717) is 0 Å². The molecule has 1 aromatic carbocycles. The Hall–Kier alpha value is -1.79. The molecule has 1 atom stereocenters. The Bertz CT molecular complexity index is 681. The summed E-state index contributed by atoms with van der Waals surface area (Å²) < 4.78 is 0. The average Bonchev–Trinajstić information content (AvgIpc) is 3.25. The molecular weight excluding hydrogens is 374 g/mol. The molecule has 3 rings (SSSR count). The summed E-state index contributed by atoms with van der Waals surface area (Å²) in [6.07, 6.45) is 3.19. The zero-order chi connectivity index (χ0) is 19.9. The van der Waals surface area contributed by atoms with Crippen LogP contribution < -0.4 is 5.32 Å². The van der Waals surface area contributed by atoms with Crippen molar-refractivity contribution in [1.82, 2.24) is 20.0 Å². The van der Waals surface area contributed by atoms with Gasteiger partial charge in [0.25, 0.3) is 0 Å². The summed E-state index contributed by atoms with van der Waals surface area (Å²) in [5, 5.41) is 4.23. The van der Waals surface area contributed by atoms with Gasteiger partial charge in [0.05, 0.1) is 6.04 Å². The first-order valence-electron chi connectivity index (χ1n) is 10.3. The zero-order valence-electron chi connectivity index (χ0n) is 17.0. The lowest BCUT2D eigenvalue weighted by Crippen LogP contribution is -2.57. The highest BCUT2D eigenvalue weighted by Crippen LogP contribution is 2.14. The molecule has 0 spiro atoms. The van der Waals surface area contributed by atoms with Crippen molar-refractivity contribution in [2.24, 2.45) is 4.99 Å². The van der Waals surface area contributed by atoms with E-state index in [1.165, 1.54) is 5.56 Å². The number of guanidine groups is 1. The van der Waals surface area contributed by atoms with Crippen LogP contribution in [0.5, 0.6) is 0 Å². The van der Waals surface area contributed by atoms with Gasteiger partial charge in [-0.1, -0.05) is 23.7 Å². The third-order valence-electron chi connectivity index (χ3n) is 5.73. The van der Waals surface area contributed by atoms with Gasteiger partial charge < -0.3 is 15.1 Å². The first-order chi connectivity index (χ1) is 13.6. The van der Waals surface area contributed by atoms with Crippen molar-refractivity contribution in [1.29, 1.82) is 0 Å². The summed E-state index contributed by atoms with van der Waals surface area (Å²) in [4.78, 5) is 23.7. The molecule has 0 aromatic heterocycles. The molecule has 28 heavy (non-hydrogen) atoms. The number of nitrogens with zero attached hydrogens (tertiary/aromatic N) is 4. The minimum Gasteiger partial charge on any atom is -0.356 e. The Kier molecular flexibility index (Phi) is 7.57. The monoisotopic (exact) mass is 405 g/mol. The number of hydrogen-bond acceptors (Lipinski definition) is 3. The van der Waals surface area contributed by atoms with Crippen LogP contribution in [0.2, 0.25) is 5.02 Å². The van der Waals surface area contributed by atoms with Crippen LogP contribution in [0.1, 0.15) is 25.3 Å². The van der Waals surface area contributed by atoms with E-state index in [9.17, 15) is 4.79 Å². The maximum Gasteiger partial charge on any atom is 0.239 e. The third kappa shape index (κ3) is 5.39. The van der Waals surface area contributed by atoms with Gasteiger partial charge in [-0.3, -0.25) is 14.7 Å². The predicted molar refractivity (Wildman–Crippen MR) is 115 cm³/mol. The molecule has 2 fully saturated rings. The number of rotatable bonds is 5. The molecule has 2 aliphatic rings. The number of nitrogens with one attached hydrogen (secondary N) is 1. The van der Waals surface area contributed by atoms with Crippen molar-refractivity contribution in [2.75, 3.05) is 52.9 Å². The number of carbonyl (C=O) groups is 1. The Balaban J connectivity index is 1.44. The molecule has 1 aromatic rings. The molecule has 1 unspecified atom stereocenters. The van der Waals surface area contributed by atoms with Crippen LogP contribution in [-0.2, 0) is 11.2 Å². The van der Waals surface area contributed by atoms with E-state index in [4.69, 9.17) is 11.6 Å². The predicted octanol–water partition coefficient (Wildman–Crippen LogP) is 2.09. The lowest BCUT2D eigenvalue weighted by molar-refractivity contribution is -0.135. The van der Waals surface area contributed by atoms with Gasteiger partial charge in [-0.15, -0.1) is 0 Å². The number of benzene rings is 1. The minimum atomic E-state index is -0.0296. The summed E-state index contributed by atoms with van der Waals surface area (Å²) in [6.45, 7) is 8.25. The van der Waals surface area contributed by atoms with Gasteiger partial charge in [0.2, 0.25) is 5.91 Å². The van der Waals surface area contributed by atoms with Gasteiger partial charge in [0, 0.05) is 57.9 Å². The number of carbonyl (C=O) groups excluding carboxylic acids is 1. The highest BCUT2D eigenvalue weighted by molar-refractivity contribution is 6.30. The van der Waals surface area contributed by atoms with E-state index in [1.54, 1.807) is 0 Å². The molecule has 2 aliphatic heterocycles. The SMILES string of the molecule is CN=C(NCCc1cccc(Cl)c1)N1CCN(C(C)C(=O)N2CCCC2)CC1. The fourth-order valence-electron chi connectivity index (χ4n) is 4.02. The number of piperazine rings is 1. The van der Waals surface area contributed by atoms with Crippen LogP contribution in [0, 0.1) is 0 Å². The molecule has 6 nitrogen and oxygen atoms in total. The second-order valence-corrected chi connectivity index (χ2v) is 8.02. The molecule has 7 heteroatoms. The van der Waals surface area contributed by atoms with Crippen molar-refractivity contribution in [3.8, 4) is 0 Å². The quantitative estimate of drug-likeness (QED) is 0.602. The summed E-state index contributed by atoms with van der Waals surface area (Å²) in [7, 11) is 1.83. The van der Waals surface area contributed by atoms with Crippen LogP contribution in [0.25, 0.3) is 0 Å². The number of halogens is 1. The lowest BCUT2D eigenvalue weighted by atomic mass is 10.1. The van der Waals surface area contributed by atoms with Gasteiger partial charge in [0.15, 0.2) is 5.96 Å². The first kappa shape index (κ1) is 20.9. The van der Waals surface area contributed by atoms with Gasteiger partial charge >= 0.3 is 0 Å². The summed E-state index contributed by atoms with van der Waals surface area (Å²) in [5.74, 6) is 1.22. The Morgan fingerprint density at radius 3 is 2.50 bits per heavy atom. The molecule has 2 heterocycles. The van der Waals surface area contributed by atoms with Crippen LogP contribution in [0.15, 0.2) is 29.3 Å².